The van der Waals surface area contributed by atoms with Gasteiger partial charge in [0, 0.05) is 0 Å². The number of esters is 1. The van der Waals surface area contributed by atoms with Gasteiger partial charge in [-0.1, -0.05) is 19.4 Å². The van der Waals surface area contributed by atoms with Gasteiger partial charge in [0.2, 0.25) is 0 Å². The quantitative estimate of drug-likeness (QED) is 0.241. The first-order valence-electron chi connectivity index (χ1n) is 4.22. The van der Waals surface area contributed by atoms with Gasteiger partial charge in [0.15, 0.2) is 5.76 Å². The van der Waals surface area contributed by atoms with Crippen molar-refractivity contribution in [3.8, 4) is 0 Å². The summed E-state index contributed by atoms with van der Waals surface area (Å²) in [7, 11) is 0. The van der Waals surface area contributed by atoms with Crippen molar-refractivity contribution >= 4 is 5.97 Å². The van der Waals surface area contributed by atoms with Gasteiger partial charge < -0.3 is 9.84 Å². The lowest BCUT2D eigenvalue weighted by Gasteiger charge is -2.00. The third kappa shape index (κ3) is 13.7. The molecule has 0 aliphatic rings. The molecule has 0 spiro atoms. The fourth-order valence-electron chi connectivity index (χ4n) is 0.393. The number of carbonyl (C=O) groups is 1. The molecule has 0 atom stereocenters. The predicted molar refractivity (Wildman–Crippen MR) is 53.5 cm³/mol. The summed E-state index contributed by atoms with van der Waals surface area (Å²) in [6.07, 6.45) is 3.53. The first kappa shape index (κ1) is 14.3. The highest BCUT2D eigenvalue weighted by molar-refractivity contribution is 5.84. The molecule has 0 rings (SSSR count). The summed E-state index contributed by atoms with van der Waals surface area (Å²) in [5.74, 6) is -1.26. The Balaban J connectivity index is 0. The van der Waals surface area contributed by atoms with Crippen LogP contribution in [0.4, 0.5) is 0 Å². The van der Waals surface area contributed by atoms with Crippen molar-refractivity contribution in [3.05, 3.63) is 25.0 Å². The lowest BCUT2D eigenvalue weighted by molar-refractivity contribution is -0.142. The summed E-state index contributed by atoms with van der Waals surface area (Å²) in [6, 6.07) is 0. The smallest absolute Gasteiger partial charge is 0.372 e. The Morgan fingerprint density at radius 1 is 1.62 bits per heavy atom. The van der Waals surface area contributed by atoms with Crippen molar-refractivity contribution < 1.29 is 14.6 Å². The first-order chi connectivity index (χ1) is 6.09. The minimum Gasteiger partial charge on any atom is -0.502 e. The van der Waals surface area contributed by atoms with Crippen LogP contribution < -0.4 is 0 Å². The Morgan fingerprint density at radius 2 is 2.08 bits per heavy atom. The highest BCUT2D eigenvalue weighted by Gasteiger charge is 2.03. The van der Waals surface area contributed by atoms with Crippen LogP contribution in [0.1, 0.15) is 26.7 Å². The zero-order valence-corrected chi connectivity index (χ0v) is 8.38. The Labute approximate surface area is 79.7 Å². The van der Waals surface area contributed by atoms with Gasteiger partial charge in [-0.3, -0.25) is 0 Å². The molecule has 0 bridgehead atoms. The monoisotopic (exact) mass is 186 g/mol. The van der Waals surface area contributed by atoms with Crippen LogP contribution >= 0.6 is 0 Å². The minimum atomic E-state index is -0.728. The molecule has 0 radical (unpaired) electrons. The average molecular weight is 186 g/mol. The Hall–Kier alpha value is -1.25. The topological polar surface area (TPSA) is 46.5 Å². The fourth-order valence-corrected chi connectivity index (χ4v) is 0.393. The Bertz CT molecular complexity index is 162. The molecule has 0 saturated carbocycles. The van der Waals surface area contributed by atoms with Gasteiger partial charge in [0.1, 0.15) is 0 Å². The Morgan fingerprint density at radius 3 is 2.38 bits per heavy atom. The van der Waals surface area contributed by atoms with E-state index >= 15 is 0 Å². The number of carbonyl (C=O) groups excluding carboxylic acids is 1. The fraction of sp³-hybridized carbons (Fsp3) is 0.500. The lowest BCUT2D eigenvalue weighted by Crippen LogP contribution is -2.07. The minimum absolute atomic E-state index is 0.356. The van der Waals surface area contributed by atoms with Gasteiger partial charge >= 0.3 is 5.97 Å². The van der Waals surface area contributed by atoms with E-state index in [4.69, 9.17) is 5.11 Å². The van der Waals surface area contributed by atoms with E-state index in [0.717, 1.165) is 12.8 Å². The largest absolute Gasteiger partial charge is 0.502 e. The summed E-state index contributed by atoms with van der Waals surface area (Å²) >= 11 is 0. The van der Waals surface area contributed by atoms with Crippen molar-refractivity contribution in [2.45, 2.75) is 26.7 Å². The molecule has 0 saturated heterocycles. The second kappa shape index (κ2) is 10.8. The molecule has 1 N–H and O–H groups in total. The zero-order chi connectivity index (χ0) is 10.7. The summed E-state index contributed by atoms with van der Waals surface area (Å²) in [6.45, 7) is 10.6. The molecular weight excluding hydrogens is 168 g/mol. The van der Waals surface area contributed by atoms with E-state index in [0.29, 0.717) is 6.61 Å². The third-order valence-electron chi connectivity index (χ3n) is 0.967. The third-order valence-corrected chi connectivity index (χ3v) is 0.967. The molecule has 0 amide bonds. The number of allylic oxidation sites excluding steroid dienone is 1. The summed E-state index contributed by atoms with van der Waals surface area (Å²) in [5, 5.41) is 8.45. The van der Waals surface area contributed by atoms with Gasteiger partial charge in [-0.05, 0) is 19.9 Å². The summed E-state index contributed by atoms with van der Waals surface area (Å²) < 4.78 is 4.56. The van der Waals surface area contributed by atoms with Crippen LogP contribution in [-0.4, -0.2) is 17.7 Å². The van der Waals surface area contributed by atoms with Crippen LogP contribution in [0.15, 0.2) is 25.0 Å². The second-order valence-electron chi connectivity index (χ2n) is 2.34. The van der Waals surface area contributed by atoms with Crippen molar-refractivity contribution in [1.82, 2.24) is 0 Å². The molecule has 0 aromatic heterocycles. The van der Waals surface area contributed by atoms with Gasteiger partial charge in [0.05, 0.1) is 6.61 Å². The number of rotatable bonds is 4. The van der Waals surface area contributed by atoms with Crippen molar-refractivity contribution in [2.75, 3.05) is 6.61 Å². The maximum Gasteiger partial charge on any atom is 0.372 e. The maximum atomic E-state index is 10.4. The van der Waals surface area contributed by atoms with E-state index < -0.39 is 11.7 Å². The SMILES string of the molecule is C=C(O)C(=O)OCCCC.C=CC. The number of unbranched alkanes of at least 4 members (excludes halogenated alkanes) is 1. The van der Waals surface area contributed by atoms with E-state index in [1.54, 1.807) is 6.08 Å². The lowest BCUT2D eigenvalue weighted by atomic mass is 10.4. The van der Waals surface area contributed by atoms with Gasteiger partial charge in [-0.25, -0.2) is 4.79 Å². The van der Waals surface area contributed by atoms with Crippen LogP contribution in [0.25, 0.3) is 0 Å². The normalized spacial score (nSPS) is 7.85. The average Bonchev–Trinajstić information content (AvgIpc) is 2.06. The molecule has 0 aromatic rings. The maximum absolute atomic E-state index is 10.4. The predicted octanol–water partition coefficient (Wildman–Crippen LogP) is 2.59. The Kier molecular flexibility index (Phi) is 11.8. The number of aliphatic hydroxyl groups is 1. The number of hydrogen-bond acceptors (Lipinski definition) is 3. The highest BCUT2D eigenvalue weighted by Crippen LogP contribution is 1.92. The number of ether oxygens (including phenoxy) is 1. The molecule has 0 heterocycles. The van der Waals surface area contributed by atoms with E-state index in [-0.39, 0.29) is 0 Å². The van der Waals surface area contributed by atoms with Crippen molar-refractivity contribution in [3.63, 3.8) is 0 Å². The summed E-state index contributed by atoms with van der Waals surface area (Å²) in [5.41, 5.74) is 0. The molecule has 0 unspecified atom stereocenters. The van der Waals surface area contributed by atoms with Crippen molar-refractivity contribution in [1.29, 1.82) is 0 Å². The zero-order valence-electron chi connectivity index (χ0n) is 8.38. The first-order valence-corrected chi connectivity index (χ1v) is 4.22. The van der Waals surface area contributed by atoms with E-state index in [9.17, 15) is 4.79 Å². The molecule has 0 fully saturated rings. The van der Waals surface area contributed by atoms with Gasteiger partial charge in [-0.2, -0.15) is 0 Å². The van der Waals surface area contributed by atoms with Crippen LogP contribution in [-0.2, 0) is 9.53 Å². The van der Waals surface area contributed by atoms with Crippen LogP contribution in [0.3, 0.4) is 0 Å². The van der Waals surface area contributed by atoms with Crippen molar-refractivity contribution in [2.24, 2.45) is 0 Å². The van der Waals surface area contributed by atoms with Gasteiger partial charge in [0.25, 0.3) is 0 Å². The number of hydrogen-bond donors (Lipinski definition) is 1. The standard InChI is InChI=1S/C7H12O3.C3H6/c1-3-4-5-10-7(9)6(2)8;1-3-2/h8H,2-5H2,1H3;3H,1H2,2H3. The van der Waals surface area contributed by atoms with E-state index in [1.807, 2.05) is 13.8 Å². The molecular formula is C10H18O3. The van der Waals surface area contributed by atoms with Gasteiger partial charge in [-0.15, -0.1) is 6.58 Å². The molecule has 76 valence electrons. The van der Waals surface area contributed by atoms with Crippen LogP contribution in [0, 0.1) is 0 Å². The van der Waals surface area contributed by atoms with Crippen LogP contribution in [0.2, 0.25) is 0 Å². The molecule has 0 aromatic carbocycles. The number of aliphatic hydroxyl groups excluding tert-OH is 1. The summed E-state index contributed by atoms with van der Waals surface area (Å²) in [4.78, 5) is 10.4. The van der Waals surface area contributed by atoms with E-state index in [1.165, 1.54) is 0 Å². The molecule has 0 aliphatic carbocycles. The second-order valence-corrected chi connectivity index (χ2v) is 2.34. The highest BCUT2D eigenvalue weighted by atomic mass is 16.5. The van der Waals surface area contributed by atoms with E-state index in [2.05, 4.69) is 17.9 Å². The molecule has 3 heteroatoms. The molecule has 3 nitrogen and oxygen atoms in total. The molecule has 13 heavy (non-hydrogen) atoms. The molecule has 0 aliphatic heterocycles. The van der Waals surface area contributed by atoms with Crippen LogP contribution in [0.5, 0.6) is 0 Å².